The number of likely N-dealkylation sites (N-methyl/N-ethyl adjacent to an activating group) is 1. The number of benzene rings is 1. The number of oxazole rings is 1. The van der Waals surface area contributed by atoms with E-state index in [2.05, 4.69) is 47.4 Å². The number of anilines is 5. The maximum atomic E-state index is 11.4. The molecule has 0 unspecified atom stereocenters. The van der Waals surface area contributed by atoms with E-state index in [1.807, 2.05) is 25.1 Å². The largest absolute Gasteiger partial charge is 0.417 e. The van der Waals surface area contributed by atoms with E-state index in [0.717, 1.165) is 48.9 Å². The number of hydrogen-bond acceptors (Lipinski definition) is 9. The Morgan fingerprint density at radius 3 is 2.69 bits per heavy atom. The normalized spacial score (nSPS) is 14.6. The average Bonchev–Trinajstić information content (AvgIpc) is 3.16. The lowest BCUT2D eigenvalue weighted by Gasteiger charge is -2.33. The highest BCUT2D eigenvalue weighted by Crippen LogP contribution is 2.24. The molecule has 4 heterocycles. The molecule has 5 rings (SSSR count). The maximum Gasteiger partial charge on any atom is 0.417 e. The Kier molecular flexibility index (Phi) is 5.20. The molecule has 1 aliphatic rings. The second-order valence-corrected chi connectivity index (χ2v) is 7.89. The molecule has 0 saturated carbocycles. The van der Waals surface area contributed by atoms with Crippen molar-refractivity contribution in [3.8, 4) is 0 Å². The molecule has 1 fully saturated rings. The maximum absolute atomic E-state index is 11.4. The second kappa shape index (κ2) is 8.31. The fourth-order valence-corrected chi connectivity index (χ4v) is 3.63. The summed E-state index contributed by atoms with van der Waals surface area (Å²) < 4.78 is 5.06. The van der Waals surface area contributed by atoms with Gasteiger partial charge in [0.1, 0.15) is 11.6 Å². The minimum Gasteiger partial charge on any atom is -0.408 e. The molecule has 0 aliphatic carbocycles. The van der Waals surface area contributed by atoms with Gasteiger partial charge in [-0.15, -0.1) is 0 Å². The number of fused-ring (bicyclic) bond motifs is 1. The number of piperazine rings is 1. The molecule has 0 amide bonds. The average molecular weight is 432 g/mol. The Labute approximate surface area is 184 Å². The summed E-state index contributed by atoms with van der Waals surface area (Å²) in [6.07, 6.45) is 3.56. The van der Waals surface area contributed by atoms with Gasteiger partial charge in [-0.3, -0.25) is 4.98 Å². The van der Waals surface area contributed by atoms with Crippen LogP contribution in [0, 0.1) is 6.92 Å². The molecule has 3 N–H and O–H groups in total. The summed E-state index contributed by atoms with van der Waals surface area (Å²) in [6, 6.07) is 9.30. The third-order valence-electron chi connectivity index (χ3n) is 5.48. The van der Waals surface area contributed by atoms with E-state index in [-0.39, 0.29) is 0 Å². The lowest BCUT2D eigenvalue weighted by atomic mass is 10.2. The van der Waals surface area contributed by atoms with Crippen LogP contribution in [0.4, 0.5) is 29.0 Å². The standard InChI is InChI=1S/C22H24N8O2/c1-14-13-24-21(26-16-5-6-23-19(12-16)30-9-7-29(2)8-10-30)28-20(14)25-15-3-4-18-17(11-15)27-22(31)32-18/h3-6,11-13H,7-10H2,1-2H3,(H,27,31)(H2,23,24,25,26,28). The number of nitrogens with one attached hydrogen (secondary N) is 3. The van der Waals surface area contributed by atoms with Crippen molar-refractivity contribution in [3.05, 3.63) is 58.8 Å². The fourth-order valence-electron chi connectivity index (χ4n) is 3.63. The van der Waals surface area contributed by atoms with Gasteiger partial charge in [0.15, 0.2) is 5.58 Å². The van der Waals surface area contributed by atoms with Crippen molar-refractivity contribution in [3.63, 3.8) is 0 Å². The number of nitrogens with zero attached hydrogens (tertiary/aromatic N) is 5. The molecular formula is C22H24N8O2. The molecule has 1 saturated heterocycles. The van der Waals surface area contributed by atoms with Crippen LogP contribution in [0.15, 0.2) is 51.9 Å². The van der Waals surface area contributed by atoms with Crippen LogP contribution in [-0.2, 0) is 0 Å². The van der Waals surface area contributed by atoms with Crippen molar-refractivity contribution >= 4 is 40.1 Å². The summed E-state index contributed by atoms with van der Waals surface area (Å²) in [5, 5.41) is 6.56. The summed E-state index contributed by atoms with van der Waals surface area (Å²) in [5.74, 6) is 1.61. The summed E-state index contributed by atoms with van der Waals surface area (Å²) in [4.78, 5) is 32.2. The number of aromatic amines is 1. The van der Waals surface area contributed by atoms with Gasteiger partial charge in [-0.2, -0.15) is 4.98 Å². The van der Waals surface area contributed by atoms with Gasteiger partial charge >= 0.3 is 5.76 Å². The number of aromatic nitrogens is 4. The first-order valence-electron chi connectivity index (χ1n) is 10.4. The third kappa shape index (κ3) is 4.26. The zero-order valence-electron chi connectivity index (χ0n) is 17.9. The molecule has 3 aromatic heterocycles. The molecule has 1 aromatic carbocycles. The molecule has 4 aromatic rings. The van der Waals surface area contributed by atoms with E-state index in [4.69, 9.17) is 4.42 Å². The molecule has 1 aliphatic heterocycles. The first-order valence-corrected chi connectivity index (χ1v) is 10.4. The van der Waals surface area contributed by atoms with Crippen molar-refractivity contribution < 1.29 is 4.42 Å². The van der Waals surface area contributed by atoms with Crippen LogP contribution >= 0.6 is 0 Å². The van der Waals surface area contributed by atoms with Crippen LogP contribution in [0.2, 0.25) is 0 Å². The van der Waals surface area contributed by atoms with Gasteiger partial charge < -0.3 is 24.9 Å². The van der Waals surface area contributed by atoms with E-state index >= 15 is 0 Å². The van der Waals surface area contributed by atoms with E-state index < -0.39 is 5.76 Å². The van der Waals surface area contributed by atoms with Gasteiger partial charge in [0.05, 0.1) is 5.52 Å². The summed E-state index contributed by atoms with van der Waals surface area (Å²) in [6.45, 7) is 5.88. The fraction of sp³-hybridized carbons (Fsp3) is 0.273. The predicted octanol–water partition coefficient (Wildman–Crippen LogP) is 2.85. The third-order valence-corrected chi connectivity index (χ3v) is 5.48. The first kappa shape index (κ1) is 20.0. The van der Waals surface area contributed by atoms with Gasteiger partial charge in [0.2, 0.25) is 5.95 Å². The SMILES string of the molecule is Cc1cnc(Nc2ccnc(N3CCN(C)CC3)c2)nc1Nc1ccc2oc(=O)[nH]c2c1. The molecule has 0 atom stereocenters. The summed E-state index contributed by atoms with van der Waals surface area (Å²) >= 11 is 0. The Morgan fingerprint density at radius 2 is 1.84 bits per heavy atom. The Bertz CT molecular complexity index is 1310. The van der Waals surface area contributed by atoms with Gasteiger partial charge in [0, 0.05) is 61.6 Å². The number of H-pyrrole nitrogens is 1. The molecule has 10 nitrogen and oxygen atoms in total. The number of pyridine rings is 1. The smallest absolute Gasteiger partial charge is 0.408 e. The molecule has 0 bridgehead atoms. The Morgan fingerprint density at radius 1 is 1.03 bits per heavy atom. The highest BCUT2D eigenvalue weighted by molar-refractivity contribution is 5.78. The van der Waals surface area contributed by atoms with Gasteiger partial charge in [-0.05, 0) is 38.2 Å². The zero-order chi connectivity index (χ0) is 22.1. The molecule has 164 valence electrons. The van der Waals surface area contributed by atoms with Crippen LogP contribution in [0.3, 0.4) is 0 Å². The lowest BCUT2D eigenvalue weighted by molar-refractivity contribution is 0.312. The number of aryl methyl sites for hydroxylation is 1. The van der Waals surface area contributed by atoms with Gasteiger partial charge in [-0.1, -0.05) is 0 Å². The van der Waals surface area contributed by atoms with Crippen molar-refractivity contribution in [2.24, 2.45) is 0 Å². The van der Waals surface area contributed by atoms with E-state index in [1.54, 1.807) is 24.5 Å². The van der Waals surface area contributed by atoms with Crippen LogP contribution in [0.25, 0.3) is 11.1 Å². The highest BCUT2D eigenvalue weighted by Gasteiger charge is 2.15. The first-order chi connectivity index (χ1) is 15.5. The van der Waals surface area contributed by atoms with E-state index in [1.165, 1.54) is 0 Å². The minimum absolute atomic E-state index is 0.477. The van der Waals surface area contributed by atoms with Crippen molar-refractivity contribution in [1.29, 1.82) is 0 Å². The monoisotopic (exact) mass is 432 g/mol. The Hall–Kier alpha value is -3.92. The van der Waals surface area contributed by atoms with E-state index in [9.17, 15) is 4.79 Å². The van der Waals surface area contributed by atoms with Crippen LogP contribution in [-0.4, -0.2) is 58.1 Å². The van der Waals surface area contributed by atoms with Crippen LogP contribution < -0.4 is 21.3 Å². The predicted molar refractivity (Wildman–Crippen MR) is 124 cm³/mol. The quantitative estimate of drug-likeness (QED) is 0.438. The molecule has 32 heavy (non-hydrogen) atoms. The van der Waals surface area contributed by atoms with Gasteiger partial charge in [0.25, 0.3) is 0 Å². The van der Waals surface area contributed by atoms with E-state index in [0.29, 0.717) is 22.9 Å². The number of hydrogen-bond donors (Lipinski definition) is 3. The number of rotatable bonds is 5. The van der Waals surface area contributed by atoms with Gasteiger partial charge in [-0.25, -0.2) is 14.8 Å². The van der Waals surface area contributed by atoms with Crippen LogP contribution in [0.5, 0.6) is 0 Å². The molecule has 0 radical (unpaired) electrons. The topological polar surface area (TPSA) is 115 Å². The van der Waals surface area contributed by atoms with Crippen molar-refractivity contribution in [2.75, 3.05) is 48.8 Å². The summed E-state index contributed by atoms with van der Waals surface area (Å²) in [5.41, 5.74) is 3.68. The molecule has 0 spiro atoms. The lowest BCUT2D eigenvalue weighted by Crippen LogP contribution is -2.44. The second-order valence-electron chi connectivity index (χ2n) is 7.89. The highest BCUT2D eigenvalue weighted by atomic mass is 16.4. The molecule has 10 heteroatoms. The van der Waals surface area contributed by atoms with Crippen molar-refractivity contribution in [1.82, 2.24) is 24.8 Å². The molecular weight excluding hydrogens is 408 g/mol. The van der Waals surface area contributed by atoms with Crippen molar-refractivity contribution in [2.45, 2.75) is 6.92 Å². The Balaban J connectivity index is 1.34. The summed E-state index contributed by atoms with van der Waals surface area (Å²) in [7, 11) is 2.13. The zero-order valence-corrected chi connectivity index (χ0v) is 17.9. The van der Waals surface area contributed by atoms with Crippen LogP contribution in [0.1, 0.15) is 5.56 Å². The minimum atomic E-state index is -0.477.